The Morgan fingerprint density at radius 2 is 1.80 bits per heavy atom. The van der Waals surface area contributed by atoms with Crippen LogP contribution in [0.25, 0.3) is 11.3 Å². The number of aromatic nitrogens is 2. The summed E-state index contributed by atoms with van der Waals surface area (Å²) in [5.74, 6) is -1.96. The Morgan fingerprint density at radius 3 is 2.40 bits per heavy atom. The summed E-state index contributed by atoms with van der Waals surface area (Å²) in [5.41, 5.74) is 0.617. The maximum Gasteiger partial charge on any atom is 0.451 e. The van der Waals surface area contributed by atoms with Crippen LogP contribution < -0.4 is 5.32 Å². The molecule has 0 saturated carbocycles. The second-order valence-electron chi connectivity index (χ2n) is 4.19. The third-order valence-electron chi connectivity index (χ3n) is 2.63. The number of halogens is 4. The lowest BCUT2D eigenvalue weighted by molar-refractivity contribution is -0.144. The van der Waals surface area contributed by atoms with Gasteiger partial charge in [0.05, 0.1) is 5.69 Å². The number of rotatable bonds is 2. The molecule has 1 aromatic heterocycles. The molecule has 3 nitrogen and oxygen atoms in total. The third kappa shape index (κ3) is 2.87. The minimum Gasteiger partial charge on any atom is -0.373 e. The zero-order valence-corrected chi connectivity index (χ0v) is 10.7. The highest BCUT2D eigenvalue weighted by atomic mass is 19.4. The van der Waals surface area contributed by atoms with E-state index in [0.29, 0.717) is 0 Å². The molecule has 2 aromatic rings. The second kappa shape index (κ2) is 5.07. The molecule has 1 aromatic carbocycles. The van der Waals surface area contributed by atoms with Crippen molar-refractivity contribution in [3.05, 3.63) is 41.5 Å². The molecule has 1 heterocycles. The summed E-state index contributed by atoms with van der Waals surface area (Å²) < 4.78 is 52.0. The fraction of sp³-hybridized carbons (Fsp3) is 0.231. The van der Waals surface area contributed by atoms with Crippen molar-refractivity contribution in [1.82, 2.24) is 9.97 Å². The predicted molar refractivity (Wildman–Crippen MR) is 66.7 cm³/mol. The molecule has 20 heavy (non-hydrogen) atoms. The molecule has 106 valence electrons. The lowest BCUT2D eigenvalue weighted by atomic mass is 10.1. The number of nitrogens with zero attached hydrogens (tertiary/aromatic N) is 2. The number of anilines is 1. The highest BCUT2D eigenvalue weighted by Gasteiger charge is 2.35. The van der Waals surface area contributed by atoms with Crippen LogP contribution in [-0.4, -0.2) is 17.0 Å². The summed E-state index contributed by atoms with van der Waals surface area (Å²) in [6.45, 7) is 1.72. The molecular formula is C13H11F4N3. The maximum absolute atomic E-state index is 13.8. The Bertz CT molecular complexity index is 638. The first kappa shape index (κ1) is 14.2. The molecule has 0 bridgehead atoms. The normalized spacial score (nSPS) is 11.5. The van der Waals surface area contributed by atoms with Crippen molar-refractivity contribution in [3.8, 4) is 11.3 Å². The van der Waals surface area contributed by atoms with E-state index < -0.39 is 17.8 Å². The Kier molecular flexibility index (Phi) is 3.61. The Balaban J connectivity index is 2.64. The standard InChI is InChI=1S/C13H11F4N3/c1-7-3-4-9(14)8(5-7)10-6-11(18-2)20-12(19-10)13(15,16)17/h3-6H,1-2H3,(H,18,19,20). The van der Waals surface area contributed by atoms with Gasteiger partial charge in [-0.25, -0.2) is 14.4 Å². The first-order valence-electron chi connectivity index (χ1n) is 5.72. The Labute approximate surface area is 112 Å². The molecule has 0 radical (unpaired) electrons. The first-order valence-corrected chi connectivity index (χ1v) is 5.72. The number of benzene rings is 1. The smallest absolute Gasteiger partial charge is 0.373 e. The van der Waals surface area contributed by atoms with Crippen LogP contribution in [-0.2, 0) is 6.18 Å². The molecule has 0 saturated heterocycles. The summed E-state index contributed by atoms with van der Waals surface area (Å²) in [6, 6.07) is 5.44. The zero-order chi connectivity index (χ0) is 14.9. The summed E-state index contributed by atoms with van der Waals surface area (Å²) in [4.78, 5) is 6.74. The Hall–Kier alpha value is -2.18. The fourth-order valence-corrected chi connectivity index (χ4v) is 1.68. The molecule has 0 aliphatic heterocycles. The van der Waals surface area contributed by atoms with E-state index in [1.807, 2.05) is 0 Å². The van der Waals surface area contributed by atoms with Crippen LogP contribution in [0.3, 0.4) is 0 Å². The fourth-order valence-electron chi connectivity index (χ4n) is 1.68. The van der Waals surface area contributed by atoms with Crippen LogP contribution >= 0.6 is 0 Å². The molecule has 1 N–H and O–H groups in total. The molecule has 7 heteroatoms. The van der Waals surface area contributed by atoms with Crippen molar-refractivity contribution >= 4 is 5.82 Å². The van der Waals surface area contributed by atoms with Crippen LogP contribution in [0, 0.1) is 12.7 Å². The third-order valence-corrected chi connectivity index (χ3v) is 2.63. The highest BCUT2D eigenvalue weighted by Crippen LogP contribution is 2.30. The van der Waals surface area contributed by atoms with Gasteiger partial charge in [0, 0.05) is 18.7 Å². The number of nitrogens with one attached hydrogen (secondary N) is 1. The van der Waals surface area contributed by atoms with Gasteiger partial charge in [-0.3, -0.25) is 0 Å². The maximum atomic E-state index is 13.8. The summed E-state index contributed by atoms with van der Waals surface area (Å²) in [6.07, 6.45) is -4.69. The van der Waals surface area contributed by atoms with E-state index in [-0.39, 0.29) is 17.1 Å². The van der Waals surface area contributed by atoms with Gasteiger partial charge >= 0.3 is 6.18 Å². The van der Waals surface area contributed by atoms with Crippen LogP contribution in [0.5, 0.6) is 0 Å². The largest absolute Gasteiger partial charge is 0.451 e. The van der Waals surface area contributed by atoms with Crippen molar-refractivity contribution in [2.24, 2.45) is 0 Å². The van der Waals surface area contributed by atoms with Gasteiger partial charge in [-0.2, -0.15) is 13.2 Å². The lowest BCUT2D eigenvalue weighted by Crippen LogP contribution is -2.13. The SMILES string of the molecule is CNc1cc(-c2cc(C)ccc2F)nc(C(F)(F)F)n1. The molecule has 0 aliphatic rings. The quantitative estimate of drug-likeness (QED) is 0.856. The van der Waals surface area contributed by atoms with E-state index in [9.17, 15) is 17.6 Å². The molecule has 2 rings (SSSR count). The van der Waals surface area contributed by atoms with E-state index >= 15 is 0 Å². The van der Waals surface area contributed by atoms with Gasteiger partial charge in [0.25, 0.3) is 0 Å². The average molecular weight is 285 g/mol. The van der Waals surface area contributed by atoms with Crippen LogP contribution in [0.1, 0.15) is 11.4 Å². The molecule has 0 amide bonds. The van der Waals surface area contributed by atoms with Crippen LogP contribution in [0.4, 0.5) is 23.4 Å². The monoisotopic (exact) mass is 285 g/mol. The molecule has 0 aliphatic carbocycles. The number of aryl methyl sites for hydroxylation is 1. The number of alkyl halides is 3. The van der Waals surface area contributed by atoms with E-state index in [0.717, 1.165) is 5.56 Å². The van der Waals surface area contributed by atoms with Crippen molar-refractivity contribution in [2.75, 3.05) is 12.4 Å². The van der Waals surface area contributed by atoms with Crippen molar-refractivity contribution in [1.29, 1.82) is 0 Å². The lowest BCUT2D eigenvalue weighted by Gasteiger charge is -2.11. The second-order valence-corrected chi connectivity index (χ2v) is 4.19. The summed E-state index contributed by atoms with van der Waals surface area (Å²) in [7, 11) is 1.43. The average Bonchev–Trinajstić information content (AvgIpc) is 2.40. The molecule has 0 fully saturated rings. The van der Waals surface area contributed by atoms with E-state index in [1.54, 1.807) is 6.92 Å². The van der Waals surface area contributed by atoms with Crippen molar-refractivity contribution in [2.45, 2.75) is 13.1 Å². The zero-order valence-electron chi connectivity index (χ0n) is 10.7. The van der Waals surface area contributed by atoms with Gasteiger partial charge in [-0.05, 0) is 19.1 Å². The van der Waals surface area contributed by atoms with Crippen molar-refractivity contribution in [3.63, 3.8) is 0 Å². The number of hydrogen-bond donors (Lipinski definition) is 1. The van der Waals surface area contributed by atoms with Gasteiger partial charge in [0.15, 0.2) is 0 Å². The van der Waals surface area contributed by atoms with Gasteiger partial charge in [-0.15, -0.1) is 0 Å². The minimum atomic E-state index is -4.69. The minimum absolute atomic E-state index is 0.00870. The molecule has 0 spiro atoms. The van der Waals surface area contributed by atoms with E-state index in [1.165, 1.54) is 31.3 Å². The van der Waals surface area contributed by atoms with Gasteiger partial charge in [-0.1, -0.05) is 11.6 Å². The van der Waals surface area contributed by atoms with E-state index in [4.69, 9.17) is 0 Å². The van der Waals surface area contributed by atoms with Gasteiger partial charge < -0.3 is 5.32 Å². The van der Waals surface area contributed by atoms with E-state index in [2.05, 4.69) is 15.3 Å². The molecule has 0 unspecified atom stereocenters. The van der Waals surface area contributed by atoms with Crippen LogP contribution in [0.15, 0.2) is 24.3 Å². The summed E-state index contributed by atoms with van der Waals surface area (Å²) >= 11 is 0. The van der Waals surface area contributed by atoms with Gasteiger partial charge in [0.1, 0.15) is 11.6 Å². The topological polar surface area (TPSA) is 37.8 Å². The van der Waals surface area contributed by atoms with Gasteiger partial charge in [0.2, 0.25) is 5.82 Å². The molecular weight excluding hydrogens is 274 g/mol. The first-order chi connectivity index (χ1) is 9.31. The van der Waals surface area contributed by atoms with Crippen LogP contribution in [0.2, 0.25) is 0 Å². The number of hydrogen-bond acceptors (Lipinski definition) is 3. The van der Waals surface area contributed by atoms with Crippen molar-refractivity contribution < 1.29 is 17.6 Å². The predicted octanol–water partition coefficient (Wildman–Crippen LogP) is 3.65. The highest BCUT2D eigenvalue weighted by molar-refractivity contribution is 5.64. The summed E-state index contributed by atoms with van der Waals surface area (Å²) in [5, 5.41) is 2.51. The Morgan fingerprint density at radius 1 is 1.10 bits per heavy atom. The molecule has 0 atom stereocenters.